The van der Waals surface area contributed by atoms with Gasteiger partial charge in [0, 0.05) is 16.9 Å². The van der Waals surface area contributed by atoms with Crippen molar-refractivity contribution < 1.29 is 23.9 Å². The van der Waals surface area contributed by atoms with Crippen molar-refractivity contribution in [2.24, 2.45) is 5.10 Å². The third-order valence-corrected chi connectivity index (χ3v) is 5.02. The molecule has 9 heteroatoms. The molecule has 3 aromatic carbocycles. The van der Waals surface area contributed by atoms with Crippen LogP contribution in [0.4, 0.5) is 11.4 Å². The van der Waals surface area contributed by atoms with Crippen LogP contribution in [0.25, 0.3) is 0 Å². The van der Waals surface area contributed by atoms with Crippen molar-refractivity contribution in [1.82, 2.24) is 5.43 Å². The minimum atomic E-state index is -0.915. The maximum Gasteiger partial charge on any atom is 0.329 e. The average molecular weight is 489 g/mol. The molecular formula is C27H28N4O5. The Morgan fingerprint density at radius 3 is 2.22 bits per heavy atom. The summed E-state index contributed by atoms with van der Waals surface area (Å²) < 4.78 is 11.0. The zero-order chi connectivity index (χ0) is 25.9. The minimum absolute atomic E-state index is 0.234. The molecule has 0 aliphatic carbocycles. The second kappa shape index (κ2) is 12.7. The molecule has 186 valence electrons. The van der Waals surface area contributed by atoms with Gasteiger partial charge in [-0.2, -0.15) is 5.10 Å². The van der Waals surface area contributed by atoms with Crippen molar-refractivity contribution in [2.75, 3.05) is 23.8 Å². The van der Waals surface area contributed by atoms with Crippen LogP contribution in [0.1, 0.15) is 23.6 Å². The van der Waals surface area contributed by atoms with Gasteiger partial charge in [0.1, 0.15) is 11.5 Å². The number of hydrazone groups is 1. The van der Waals surface area contributed by atoms with Gasteiger partial charge in [0.2, 0.25) is 0 Å². The molecule has 36 heavy (non-hydrogen) atoms. The molecule has 0 unspecified atom stereocenters. The molecule has 0 fully saturated rings. The summed E-state index contributed by atoms with van der Waals surface area (Å²) in [7, 11) is 0. The van der Waals surface area contributed by atoms with Crippen LogP contribution in [0, 0.1) is 13.8 Å². The normalized spacial score (nSPS) is 10.5. The molecular weight excluding hydrogens is 460 g/mol. The first-order valence-electron chi connectivity index (χ1n) is 11.3. The van der Waals surface area contributed by atoms with Crippen LogP contribution >= 0.6 is 0 Å². The highest BCUT2D eigenvalue weighted by atomic mass is 16.5. The first kappa shape index (κ1) is 26.0. The quantitative estimate of drug-likeness (QED) is 0.241. The smallest absolute Gasteiger partial charge is 0.329 e. The number of carbonyl (C=O) groups excluding carboxylic acids is 3. The standard InChI is InChI=1S/C27H28N4O5/c1-4-35-22-14-12-21(13-15-22)29-24(32)17-36-23-11-6-5-10-20(23)16-28-31-27(34)26(33)30-25-18(2)8-7-9-19(25)3/h5-16H,4,17H2,1-3H3,(H,29,32)(H,30,33)(H,31,34)/b28-16-. The van der Waals surface area contributed by atoms with Gasteiger partial charge < -0.3 is 20.1 Å². The number of amides is 3. The Morgan fingerprint density at radius 1 is 0.833 bits per heavy atom. The monoisotopic (exact) mass is 488 g/mol. The Morgan fingerprint density at radius 2 is 1.53 bits per heavy atom. The van der Waals surface area contributed by atoms with Crippen molar-refractivity contribution in [1.29, 1.82) is 0 Å². The summed E-state index contributed by atoms with van der Waals surface area (Å²) in [5, 5.41) is 9.19. The first-order valence-corrected chi connectivity index (χ1v) is 11.3. The lowest BCUT2D eigenvalue weighted by molar-refractivity contribution is -0.136. The molecule has 0 aliphatic rings. The summed E-state index contributed by atoms with van der Waals surface area (Å²) in [6.45, 7) is 5.91. The number of nitrogens with one attached hydrogen (secondary N) is 3. The molecule has 9 nitrogen and oxygen atoms in total. The van der Waals surface area contributed by atoms with Gasteiger partial charge in [0.05, 0.1) is 12.8 Å². The van der Waals surface area contributed by atoms with E-state index in [1.165, 1.54) is 6.21 Å². The lowest BCUT2D eigenvalue weighted by Crippen LogP contribution is -2.32. The van der Waals surface area contributed by atoms with E-state index in [-0.39, 0.29) is 12.5 Å². The van der Waals surface area contributed by atoms with Crippen LogP contribution in [-0.2, 0) is 14.4 Å². The molecule has 3 aromatic rings. The van der Waals surface area contributed by atoms with E-state index in [4.69, 9.17) is 9.47 Å². The summed E-state index contributed by atoms with van der Waals surface area (Å²) in [5.74, 6) is -0.989. The topological polar surface area (TPSA) is 118 Å². The number of aryl methyl sites for hydroxylation is 2. The number of hydrogen-bond acceptors (Lipinski definition) is 6. The summed E-state index contributed by atoms with van der Waals surface area (Å²) in [6, 6.07) is 19.4. The second-order valence-corrected chi connectivity index (χ2v) is 7.75. The zero-order valence-electron chi connectivity index (χ0n) is 20.3. The minimum Gasteiger partial charge on any atom is -0.494 e. The van der Waals surface area contributed by atoms with E-state index in [0.29, 0.717) is 29.3 Å². The molecule has 0 saturated carbocycles. The number of benzene rings is 3. The predicted octanol–water partition coefficient (Wildman–Crippen LogP) is 3.81. The third-order valence-electron chi connectivity index (χ3n) is 5.02. The Bertz CT molecular complexity index is 1240. The van der Waals surface area contributed by atoms with Crippen LogP contribution in [0.3, 0.4) is 0 Å². The fraction of sp³-hybridized carbons (Fsp3) is 0.185. The number of carbonyl (C=O) groups is 3. The van der Waals surface area contributed by atoms with Gasteiger partial charge >= 0.3 is 11.8 Å². The summed E-state index contributed by atoms with van der Waals surface area (Å²) in [6.07, 6.45) is 1.34. The number of para-hydroxylation sites is 2. The van der Waals surface area contributed by atoms with E-state index in [0.717, 1.165) is 16.9 Å². The predicted molar refractivity (Wildman–Crippen MR) is 138 cm³/mol. The van der Waals surface area contributed by atoms with Crippen LogP contribution in [0.2, 0.25) is 0 Å². The van der Waals surface area contributed by atoms with Crippen LogP contribution in [0.5, 0.6) is 11.5 Å². The highest BCUT2D eigenvalue weighted by Gasteiger charge is 2.15. The van der Waals surface area contributed by atoms with Gasteiger partial charge in [-0.25, -0.2) is 5.43 Å². The highest BCUT2D eigenvalue weighted by Crippen LogP contribution is 2.19. The number of hydrogen-bond donors (Lipinski definition) is 3. The SMILES string of the molecule is CCOc1ccc(NC(=O)COc2ccccc2/C=N\NC(=O)C(=O)Nc2c(C)cccc2C)cc1. The zero-order valence-corrected chi connectivity index (χ0v) is 20.3. The maximum atomic E-state index is 12.3. The van der Waals surface area contributed by atoms with Crippen molar-refractivity contribution in [2.45, 2.75) is 20.8 Å². The second-order valence-electron chi connectivity index (χ2n) is 7.75. The molecule has 0 aromatic heterocycles. The molecule has 0 heterocycles. The van der Waals surface area contributed by atoms with Gasteiger partial charge in [-0.05, 0) is 68.3 Å². The third kappa shape index (κ3) is 7.42. The van der Waals surface area contributed by atoms with Crippen LogP contribution in [-0.4, -0.2) is 37.1 Å². The molecule has 0 atom stereocenters. The summed E-state index contributed by atoms with van der Waals surface area (Å²) >= 11 is 0. The first-order chi connectivity index (χ1) is 17.4. The molecule has 0 aliphatic heterocycles. The maximum absolute atomic E-state index is 12.3. The van der Waals surface area contributed by atoms with Gasteiger partial charge in [0.25, 0.3) is 5.91 Å². The molecule has 3 amide bonds. The number of anilines is 2. The van der Waals surface area contributed by atoms with Crippen molar-refractivity contribution >= 4 is 35.3 Å². The number of rotatable bonds is 9. The number of nitrogens with zero attached hydrogens (tertiary/aromatic N) is 1. The lowest BCUT2D eigenvalue weighted by Gasteiger charge is -2.11. The van der Waals surface area contributed by atoms with E-state index < -0.39 is 11.8 Å². The molecule has 0 bridgehead atoms. The van der Waals surface area contributed by atoms with E-state index in [1.807, 2.05) is 39.0 Å². The highest BCUT2D eigenvalue weighted by molar-refractivity contribution is 6.39. The van der Waals surface area contributed by atoms with Gasteiger partial charge in [0.15, 0.2) is 6.61 Å². The van der Waals surface area contributed by atoms with Crippen LogP contribution in [0.15, 0.2) is 71.8 Å². The molecule has 0 spiro atoms. The fourth-order valence-corrected chi connectivity index (χ4v) is 3.25. The van der Waals surface area contributed by atoms with E-state index in [2.05, 4.69) is 21.2 Å². The Hall–Kier alpha value is -4.66. The Balaban J connectivity index is 1.53. The summed E-state index contributed by atoms with van der Waals surface area (Å²) in [5.41, 5.74) is 5.61. The molecule has 0 saturated heterocycles. The van der Waals surface area contributed by atoms with E-state index >= 15 is 0 Å². The Kier molecular flexibility index (Phi) is 9.16. The van der Waals surface area contributed by atoms with Gasteiger partial charge in [-0.3, -0.25) is 14.4 Å². The fourth-order valence-electron chi connectivity index (χ4n) is 3.25. The lowest BCUT2D eigenvalue weighted by atomic mass is 10.1. The average Bonchev–Trinajstić information content (AvgIpc) is 2.87. The summed E-state index contributed by atoms with van der Waals surface area (Å²) in [4.78, 5) is 36.7. The van der Waals surface area contributed by atoms with Crippen LogP contribution < -0.4 is 25.5 Å². The van der Waals surface area contributed by atoms with Gasteiger partial charge in [-0.15, -0.1) is 0 Å². The number of ether oxygens (including phenoxy) is 2. The van der Waals surface area contributed by atoms with E-state index in [1.54, 1.807) is 48.5 Å². The Labute approximate surface area is 209 Å². The van der Waals surface area contributed by atoms with E-state index in [9.17, 15) is 14.4 Å². The van der Waals surface area contributed by atoms with Crippen molar-refractivity contribution in [3.63, 3.8) is 0 Å². The van der Waals surface area contributed by atoms with Gasteiger partial charge in [-0.1, -0.05) is 30.3 Å². The molecule has 3 N–H and O–H groups in total. The van der Waals surface area contributed by atoms with Crippen molar-refractivity contribution in [3.8, 4) is 11.5 Å². The molecule has 0 radical (unpaired) electrons. The molecule has 3 rings (SSSR count). The largest absolute Gasteiger partial charge is 0.494 e. The van der Waals surface area contributed by atoms with Crippen molar-refractivity contribution in [3.05, 3.63) is 83.4 Å².